The number of aromatic nitrogens is 2. The molecule has 0 spiro atoms. The number of hydrogen-bond donors (Lipinski definition) is 4. The van der Waals surface area contributed by atoms with Gasteiger partial charge in [0.2, 0.25) is 0 Å². The Hall–Kier alpha value is -2.01. The summed E-state index contributed by atoms with van der Waals surface area (Å²) in [6, 6.07) is 1.33. The van der Waals surface area contributed by atoms with Crippen LogP contribution < -0.4 is 11.0 Å². The predicted octanol–water partition coefficient (Wildman–Crippen LogP) is -0.797. The number of aliphatic hydroxyl groups is 3. The highest BCUT2D eigenvalue weighted by Gasteiger charge is 2.43. The molecule has 1 aliphatic heterocycles. The van der Waals surface area contributed by atoms with E-state index in [0.29, 0.717) is 0 Å². The monoisotopic (exact) mass is 343 g/mol. The third-order valence-electron chi connectivity index (χ3n) is 3.58. The van der Waals surface area contributed by atoms with Crippen molar-refractivity contribution in [3.8, 4) is 0 Å². The Bertz CT molecular complexity index is 621. The lowest BCUT2D eigenvalue weighted by molar-refractivity contribution is -0.0549. The molecule has 4 N–H and O–H groups in total. The van der Waals surface area contributed by atoms with Crippen LogP contribution in [0.5, 0.6) is 0 Å². The number of nitrogens with one attached hydrogen (secondary N) is 1. The summed E-state index contributed by atoms with van der Waals surface area (Å²) < 4.78 is 11.1. The van der Waals surface area contributed by atoms with E-state index in [9.17, 15) is 19.8 Å². The lowest BCUT2D eigenvalue weighted by Crippen LogP contribution is -2.36. The van der Waals surface area contributed by atoms with Crippen LogP contribution in [-0.2, 0) is 9.47 Å². The topological polar surface area (TPSA) is 143 Å². The standard InChI is InChI=1S/C14H21N3O7/c1-2-3-6-23-14(22)16-9-4-5-17(13(21)15-9)12-11(20)10(19)8(7-18)24-12/h4-5,8,10-12,18-20H,2-3,6-7H2,1H3,(H,15,16,21,22)/t8-,10-,11+,12-/m1/s1. The van der Waals surface area contributed by atoms with Gasteiger partial charge in [0, 0.05) is 6.20 Å². The first-order chi connectivity index (χ1) is 11.5. The van der Waals surface area contributed by atoms with E-state index in [2.05, 4.69) is 10.3 Å². The van der Waals surface area contributed by atoms with Crippen LogP contribution in [0.2, 0.25) is 0 Å². The van der Waals surface area contributed by atoms with Crippen LogP contribution in [-0.4, -0.2) is 62.5 Å². The average Bonchev–Trinajstić information content (AvgIpc) is 2.83. The Balaban J connectivity index is 2.05. The Kier molecular flexibility index (Phi) is 6.26. The van der Waals surface area contributed by atoms with Gasteiger partial charge in [-0.2, -0.15) is 4.98 Å². The summed E-state index contributed by atoms with van der Waals surface area (Å²) >= 11 is 0. The molecule has 24 heavy (non-hydrogen) atoms. The van der Waals surface area contributed by atoms with Crippen molar-refractivity contribution in [1.29, 1.82) is 0 Å². The summed E-state index contributed by atoms with van der Waals surface area (Å²) in [7, 11) is 0. The van der Waals surface area contributed by atoms with Gasteiger partial charge in [-0.3, -0.25) is 9.88 Å². The van der Waals surface area contributed by atoms with Gasteiger partial charge >= 0.3 is 11.8 Å². The molecule has 1 amide bonds. The molecular weight excluding hydrogens is 322 g/mol. The van der Waals surface area contributed by atoms with Crippen LogP contribution in [0.1, 0.15) is 26.0 Å². The molecule has 2 rings (SSSR count). The largest absolute Gasteiger partial charge is 0.449 e. The Morgan fingerprint density at radius 1 is 1.46 bits per heavy atom. The van der Waals surface area contributed by atoms with Crippen molar-refractivity contribution in [2.45, 2.75) is 44.3 Å². The minimum atomic E-state index is -1.39. The molecule has 10 nitrogen and oxygen atoms in total. The molecule has 0 aromatic carbocycles. The van der Waals surface area contributed by atoms with Crippen molar-refractivity contribution in [3.63, 3.8) is 0 Å². The fourth-order valence-electron chi connectivity index (χ4n) is 2.24. The van der Waals surface area contributed by atoms with Crippen LogP contribution in [0.4, 0.5) is 10.6 Å². The predicted molar refractivity (Wildman–Crippen MR) is 81.4 cm³/mol. The minimum absolute atomic E-state index is 0.00973. The number of unbranched alkanes of at least 4 members (excludes halogenated alkanes) is 1. The van der Waals surface area contributed by atoms with Crippen molar-refractivity contribution < 1.29 is 29.6 Å². The molecule has 1 fully saturated rings. The molecule has 2 heterocycles. The third-order valence-corrected chi connectivity index (χ3v) is 3.58. The maximum atomic E-state index is 12.0. The highest BCUT2D eigenvalue weighted by atomic mass is 16.6. The molecular formula is C14H21N3O7. The highest BCUT2D eigenvalue weighted by molar-refractivity contribution is 5.83. The number of carbonyl (C=O) groups is 1. The quantitative estimate of drug-likeness (QED) is 0.492. The number of ether oxygens (including phenoxy) is 2. The second-order valence-corrected chi connectivity index (χ2v) is 5.35. The van der Waals surface area contributed by atoms with Crippen LogP contribution >= 0.6 is 0 Å². The van der Waals surface area contributed by atoms with E-state index in [-0.39, 0.29) is 12.4 Å². The van der Waals surface area contributed by atoms with Gasteiger partial charge in [0.05, 0.1) is 13.2 Å². The first-order valence-corrected chi connectivity index (χ1v) is 7.63. The van der Waals surface area contributed by atoms with Crippen molar-refractivity contribution in [3.05, 3.63) is 22.7 Å². The van der Waals surface area contributed by atoms with Gasteiger partial charge in [-0.15, -0.1) is 0 Å². The summed E-state index contributed by atoms with van der Waals surface area (Å²) in [5.74, 6) is -0.00973. The van der Waals surface area contributed by atoms with Gasteiger partial charge < -0.3 is 24.8 Å². The number of anilines is 1. The van der Waals surface area contributed by atoms with Gasteiger partial charge in [0.15, 0.2) is 6.23 Å². The van der Waals surface area contributed by atoms with Crippen LogP contribution in [0.15, 0.2) is 17.1 Å². The zero-order valence-corrected chi connectivity index (χ0v) is 13.2. The first-order valence-electron chi connectivity index (χ1n) is 7.63. The average molecular weight is 343 g/mol. The first kappa shape index (κ1) is 18.3. The summed E-state index contributed by atoms with van der Waals surface area (Å²) in [5.41, 5.74) is -0.795. The molecule has 0 radical (unpaired) electrons. The van der Waals surface area contributed by atoms with Crippen LogP contribution in [0.25, 0.3) is 0 Å². The normalized spacial score (nSPS) is 26.3. The number of aliphatic hydroxyl groups excluding tert-OH is 3. The van der Waals surface area contributed by atoms with Crippen molar-refractivity contribution in [2.24, 2.45) is 0 Å². The molecule has 134 valence electrons. The zero-order chi connectivity index (χ0) is 17.7. The summed E-state index contributed by atoms with van der Waals surface area (Å²) in [6.07, 6.45) is -2.73. The maximum Gasteiger partial charge on any atom is 0.412 e. The van der Waals surface area contributed by atoms with Crippen LogP contribution in [0, 0.1) is 0 Å². The van der Waals surface area contributed by atoms with Crippen molar-refractivity contribution >= 4 is 11.9 Å². The van der Waals surface area contributed by atoms with E-state index in [1.54, 1.807) is 0 Å². The molecule has 0 saturated carbocycles. The highest BCUT2D eigenvalue weighted by Crippen LogP contribution is 2.28. The van der Waals surface area contributed by atoms with Crippen LogP contribution in [0.3, 0.4) is 0 Å². The number of nitrogens with zero attached hydrogens (tertiary/aromatic N) is 2. The number of rotatable bonds is 6. The molecule has 1 aromatic rings. The fraction of sp³-hybridized carbons (Fsp3) is 0.643. The van der Waals surface area contributed by atoms with Gasteiger partial charge in [-0.25, -0.2) is 9.59 Å². The second-order valence-electron chi connectivity index (χ2n) is 5.35. The molecule has 10 heteroatoms. The third kappa shape index (κ3) is 4.09. The van der Waals surface area contributed by atoms with E-state index >= 15 is 0 Å². The lowest BCUT2D eigenvalue weighted by Gasteiger charge is -2.17. The maximum absolute atomic E-state index is 12.0. The second kappa shape index (κ2) is 8.20. The molecule has 4 atom stereocenters. The fourth-order valence-corrected chi connectivity index (χ4v) is 2.24. The summed E-state index contributed by atoms with van der Waals surface area (Å²) in [6.45, 7) is 1.72. The molecule has 1 saturated heterocycles. The summed E-state index contributed by atoms with van der Waals surface area (Å²) in [5, 5.41) is 31.0. The van der Waals surface area contributed by atoms with E-state index in [4.69, 9.17) is 14.6 Å². The Morgan fingerprint density at radius 2 is 2.21 bits per heavy atom. The van der Waals surface area contributed by atoms with E-state index in [1.165, 1.54) is 12.3 Å². The van der Waals surface area contributed by atoms with Gasteiger partial charge in [0.1, 0.15) is 24.1 Å². The van der Waals surface area contributed by atoms with E-state index in [0.717, 1.165) is 17.4 Å². The zero-order valence-electron chi connectivity index (χ0n) is 13.2. The van der Waals surface area contributed by atoms with E-state index in [1.807, 2.05) is 6.92 Å². The minimum Gasteiger partial charge on any atom is -0.449 e. The number of hydrogen-bond acceptors (Lipinski definition) is 8. The van der Waals surface area contributed by atoms with Gasteiger partial charge in [0.25, 0.3) is 0 Å². The Labute approximate surface area is 137 Å². The van der Waals surface area contributed by atoms with Crippen molar-refractivity contribution in [2.75, 3.05) is 18.5 Å². The SMILES string of the molecule is CCCCOC(=O)Nc1ccn([C@@H]2O[C@H](CO)[C@@H](O)[C@@H]2O)c(=O)n1. The van der Waals surface area contributed by atoms with Crippen molar-refractivity contribution in [1.82, 2.24) is 9.55 Å². The number of amides is 1. The number of carbonyl (C=O) groups excluding carboxylic acids is 1. The summed E-state index contributed by atoms with van der Waals surface area (Å²) in [4.78, 5) is 27.2. The van der Waals surface area contributed by atoms with E-state index < -0.39 is 42.9 Å². The van der Waals surface area contributed by atoms with Gasteiger partial charge in [-0.1, -0.05) is 13.3 Å². The molecule has 0 aliphatic carbocycles. The lowest BCUT2D eigenvalue weighted by atomic mass is 10.1. The Morgan fingerprint density at radius 3 is 2.79 bits per heavy atom. The van der Waals surface area contributed by atoms with Gasteiger partial charge in [-0.05, 0) is 12.5 Å². The molecule has 1 aliphatic rings. The molecule has 0 bridgehead atoms. The smallest absolute Gasteiger partial charge is 0.412 e. The molecule has 1 aromatic heterocycles. The molecule has 0 unspecified atom stereocenters.